The Kier molecular flexibility index (Phi) is 2.33. The maximum absolute atomic E-state index is 12.5. The first-order chi connectivity index (χ1) is 5.95. The minimum atomic E-state index is -5.16. The second kappa shape index (κ2) is 3.13. The molecule has 0 bridgehead atoms. The molecule has 1 rings (SSSR count). The third kappa shape index (κ3) is 2.02. The second-order valence-corrected chi connectivity index (χ2v) is 2.45. The Morgan fingerprint density at radius 2 is 1.85 bits per heavy atom. The lowest BCUT2D eigenvalue weighted by atomic mass is 9.77. The molecule has 0 aliphatic rings. The normalized spacial score (nSPS) is 11.0. The molecule has 1 aromatic carbocycles. The van der Waals surface area contributed by atoms with Crippen molar-refractivity contribution in [2.24, 2.45) is 0 Å². The molecular weight excluding hydrogens is 183 g/mol. The molecule has 0 aromatic heterocycles. The first-order valence-corrected chi connectivity index (χ1v) is 3.41. The lowest BCUT2D eigenvalue weighted by Crippen LogP contribution is -2.36. The monoisotopic (exact) mass is 187 g/mol. The van der Waals surface area contributed by atoms with Gasteiger partial charge in [0.25, 0.3) is 0 Å². The highest BCUT2D eigenvalue weighted by atomic mass is 19.4. The highest BCUT2D eigenvalue weighted by molar-refractivity contribution is 6.74. The molecule has 0 spiro atoms. The summed E-state index contributed by atoms with van der Waals surface area (Å²) in [6.45, 7) is -5.16. The highest BCUT2D eigenvalue weighted by Gasteiger charge is 2.27. The largest absolute Gasteiger partial charge is 0.510 e. The third-order valence-electron chi connectivity index (χ3n) is 1.52. The van der Waals surface area contributed by atoms with Crippen LogP contribution in [0.25, 0.3) is 0 Å². The SMILES string of the molecule is C#Cc1cc(F)ccc1[B-](F)(F)F. The Morgan fingerprint density at radius 3 is 2.31 bits per heavy atom. The predicted octanol–water partition coefficient (Wildman–Crippen LogP) is 1.86. The van der Waals surface area contributed by atoms with Crippen LogP contribution in [-0.2, 0) is 0 Å². The van der Waals surface area contributed by atoms with Gasteiger partial charge in [-0.1, -0.05) is 17.4 Å². The molecule has 0 heterocycles. The van der Waals surface area contributed by atoms with Crippen molar-refractivity contribution in [1.29, 1.82) is 0 Å². The molecule has 0 N–H and O–H groups in total. The van der Waals surface area contributed by atoms with Crippen molar-refractivity contribution < 1.29 is 17.3 Å². The average molecular weight is 187 g/mol. The molecule has 0 saturated heterocycles. The van der Waals surface area contributed by atoms with E-state index in [1.807, 2.05) is 0 Å². The molecular formula is C8H4BF4-. The topological polar surface area (TPSA) is 0 Å². The molecule has 1 aromatic rings. The van der Waals surface area contributed by atoms with Crippen molar-refractivity contribution in [2.45, 2.75) is 0 Å². The van der Waals surface area contributed by atoms with Crippen molar-refractivity contribution in [2.75, 3.05) is 0 Å². The number of rotatable bonds is 1. The number of benzene rings is 1. The summed E-state index contributed by atoms with van der Waals surface area (Å²) in [5.41, 5.74) is -1.38. The first kappa shape index (κ1) is 9.65. The van der Waals surface area contributed by atoms with Gasteiger partial charge < -0.3 is 12.9 Å². The summed E-state index contributed by atoms with van der Waals surface area (Å²) in [6.07, 6.45) is 4.81. The molecule has 0 saturated carbocycles. The lowest BCUT2D eigenvalue weighted by molar-refractivity contribution is 0.500. The second-order valence-electron chi connectivity index (χ2n) is 2.45. The van der Waals surface area contributed by atoms with Crippen molar-refractivity contribution >= 4 is 12.4 Å². The fourth-order valence-electron chi connectivity index (χ4n) is 0.939. The molecule has 13 heavy (non-hydrogen) atoms. The van der Waals surface area contributed by atoms with Gasteiger partial charge in [-0.2, -0.15) is 0 Å². The van der Waals surface area contributed by atoms with Crippen LogP contribution in [0, 0.1) is 18.2 Å². The number of halogens is 4. The van der Waals surface area contributed by atoms with Crippen LogP contribution < -0.4 is 5.46 Å². The zero-order chi connectivity index (χ0) is 10.1. The van der Waals surface area contributed by atoms with Crippen molar-refractivity contribution in [3.05, 3.63) is 29.6 Å². The van der Waals surface area contributed by atoms with Gasteiger partial charge in [0.05, 0.1) is 0 Å². The van der Waals surface area contributed by atoms with Crippen LogP contribution in [0.5, 0.6) is 0 Å². The molecule has 0 unspecified atom stereocenters. The van der Waals surface area contributed by atoms with Gasteiger partial charge in [-0.15, -0.1) is 6.42 Å². The van der Waals surface area contributed by atoms with Gasteiger partial charge in [0, 0.05) is 5.56 Å². The predicted molar refractivity (Wildman–Crippen MR) is 43.0 cm³/mol. The molecule has 0 amide bonds. The van der Waals surface area contributed by atoms with Gasteiger partial charge in [-0.3, -0.25) is 0 Å². The van der Waals surface area contributed by atoms with E-state index >= 15 is 0 Å². The van der Waals surface area contributed by atoms with E-state index in [-0.39, 0.29) is 0 Å². The summed E-state index contributed by atoms with van der Waals surface area (Å²) in [5, 5.41) is 0. The summed E-state index contributed by atoms with van der Waals surface area (Å²) < 4.78 is 49.1. The lowest BCUT2D eigenvalue weighted by Gasteiger charge is -2.16. The molecule has 5 heteroatoms. The molecule has 0 aliphatic carbocycles. The summed E-state index contributed by atoms with van der Waals surface area (Å²) in [7, 11) is 0. The number of hydrogen-bond donors (Lipinski definition) is 0. The average Bonchev–Trinajstić information content (AvgIpc) is 2.01. The van der Waals surface area contributed by atoms with Gasteiger partial charge in [0.15, 0.2) is 0 Å². The van der Waals surface area contributed by atoms with Crippen LogP contribution >= 0.6 is 0 Å². The zero-order valence-corrected chi connectivity index (χ0v) is 6.40. The van der Waals surface area contributed by atoms with E-state index in [9.17, 15) is 17.3 Å². The van der Waals surface area contributed by atoms with Crippen LogP contribution in [0.3, 0.4) is 0 Å². The first-order valence-electron chi connectivity index (χ1n) is 3.41. The molecule has 0 nitrogen and oxygen atoms in total. The standard InChI is InChI=1S/C8H4BF4/c1-2-6-5-7(10)3-4-8(6)9(11,12)13/h1,3-5H/q-1. The maximum Gasteiger partial charge on any atom is 0.510 e. The van der Waals surface area contributed by atoms with Crippen molar-refractivity contribution in [3.63, 3.8) is 0 Å². The van der Waals surface area contributed by atoms with E-state index in [4.69, 9.17) is 6.42 Å². The van der Waals surface area contributed by atoms with Gasteiger partial charge in [-0.25, -0.2) is 4.39 Å². The minimum absolute atomic E-state index is 0.451. The fraction of sp³-hybridized carbons (Fsp3) is 0. The molecule has 0 aliphatic heterocycles. The smallest absolute Gasteiger partial charge is 0.445 e. The van der Waals surface area contributed by atoms with E-state index in [1.165, 1.54) is 0 Å². The van der Waals surface area contributed by atoms with Crippen LogP contribution in [0.4, 0.5) is 17.3 Å². The number of hydrogen-bond acceptors (Lipinski definition) is 0. The molecule has 0 atom stereocenters. The Labute approximate surface area is 72.6 Å². The Bertz CT molecular complexity index is 361. The summed E-state index contributed by atoms with van der Waals surface area (Å²) in [6, 6.07) is 2.10. The zero-order valence-electron chi connectivity index (χ0n) is 6.40. The Balaban J connectivity index is 3.32. The van der Waals surface area contributed by atoms with E-state index in [2.05, 4.69) is 0 Å². The van der Waals surface area contributed by atoms with Crippen LogP contribution in [0.1, 0.15) is 5.56 Å². The van der Waals surface area contributed by atoms with E-state index < -0.39 is 23.8 Å². The van der Waals surface area contributed by atoms with Crippen LogP contribution in [-0.4, -0.2) is 6.98 Å². The molecule has 0 radical (unpaired) electrons. The summed E-state index contributed by atoms with van der Waals surface area (Å²) >= 11 is 0. The van der Waals surface area contributed by atoms with E-state index in [0.717, 1.165) is 6.07 Å². The molecule has 0 fully saturated rings. The summed E-state index contributed by atoms with van der Waals surface area (Å²) in [5.74, 6) is 1.03. The third-order valence-corrected chi connectivity index (χ3v) is 1.52. The number of terminal acetylenes is 1. The van der Waals surface area contributed by atoms with Crippen LogP contribution in [0.15, 0.2) is 18.2 Å². The summed E-state index contributed by atoms with van der Waals surface area (Å²) in [4.78, 5) is 0. The van der Waals surface area contributed by atoms with Crippen molar-refractivity contribution in [1.82, 2.24) is 0 Å². The van der Waals surface area contributed by atoms with E-state index in [0.29, 0.717) is 12.1 Å². The Hall–Kier alpha value is -1.44. The Morgan fingerprint density at radius 1 is 1.23 bits per heavy atom. The fourth-order valence-corrected chi connectivity index (χ4v) is 0.939. The van der Waals surface area contributed by atoms with Gasteiger partial charge in [0.1, 0.15) is 5.82 Å². The van der Waals surface area contributed by atoms with Crippen LogP contribution in [0.2, 0.25) is 0 Å². The van der Waals surface area contributed by atoms with Crippen molar-refractivity contribution in [3.8, 4) is 12.3 Å². The quantitative estimate of drug-likeness (QED) is 0.357. The minimum Gasteiger partial charge on any atom is -0.445 e. The van der Waals surface area contributed by atoms with Gasteiger partial charge in [-0.05, 0) is 12.1 Å². The maximum atomic E-state index is 12.5. The molecule has 68 valence electrons. The van der Waals surface area contributed by atoms with E-state index in [1.54, 1.807) is 5.92 Å². The van der Waals surface area contributed by atoms with Gasteiger partial charge in [0.2, 0.25) is 0 Å². The highest BCUT2D eigenvalue weighted by Crippen LogP contribution is 2.12. The van der Waals surface area contributed by atoms with Gasteiger partial charge >= 0.3 is 6.98 Å².